The van der Waals surface area contributed by atoms with Crippen LogP contribution in [0.1, 0.15) is 27.8 Å². The summed E-state index contributed by atoms with van der Waals surface area (Å²) in [6.07, 6.45) is 1.18. The Morgan fingerprint density at radius 3 is 2.67 bits per heavy atom. The second kappa shape index (κ2) is 8.73. The lowest BCUT2D eigenvalue weighted by Crippen LogP contribution is -2.43. The van der Waals surface area contributed by atoms with E-state index in [0.717, 1.165) is 0 Å². The third-order valence-electron chi connectivity index (χ3n) is 4.77. The summed E-state index contributed by atoms with van der Waals surface area (Å²) in [5, 5.41) is 2.74. The molecular formula is C23H22N2O5. The summed E-state index contributed by atoms with van der Waals surface area (Å²) in [4.78, 5) is 26.9. The number of carbonyl (C=O) groups excluding carboxylic acids is 2. The topological polar surface area (TPSA) is 81.0 Å². The standard InChI is InChI=1S/C23H22N2O5/c1-2-25(14-18-15-29-19-9-3-4-10-20(19)30-18)23(27)16-7-5-8-17(13-16)24-22(26)21-11-6-12-28-21/h3-13,18H,2,14-15H2,1H3,(H,24,26). The van der Waals surface area contributed by atoms with Crippen LogP contribution in [0.15, 0.2) is 71.3 Å². The van der Waals surface area contributed by atoms with E-state index in [2.05, 4.69) is 5.32 Å². The number of benzene rings is 2. The highest BCUT2D eigenvalue weighted by Gasteiger charge is 2.25. The minimum atomic E-state index is -0.372. The molecule has 0 saturated carbocycles. The van der Waals surface area contributed by atoms with Crippen molar-refractivity contribution in [3.05, 3.63) is 78.3 Å². The number of anilines is 1. The Hall–Kier alpha value is -3.74. The quantitative estimate of drug-likeness (QED) is 0.673. The van der Waals surface area contributed by atoms with Crippen molar-refractivity contribution >= 4 is 17.5 Å². The monoisotopic (exact) mass is 406 g/mol. The van der Waals surface area contributed by atoms with Gasteiger partial charge in [0, 0.05) is 17.8 Å². The molecule has 7 heteroatoms. The number of nitrogens with zero attached hydrogens (tertiary/aromatic N) is 1. The average molecular weight is 406 g/mol. The van der Waals surface area contributed by atoms with Gasteiger partial charge in [0.1, 0.15) is 6.61 Å². The summed E-state index contributed by atoms with van der Waals surface area (Å²) in [7, 11) is 0. The van der Waals surface area contributed by atoms with Crippen molar-refractivity contribution in [2.45, 2.75) is 13.0 Å². The van der Waals surface area contributed by atoms with Crippen molar-refractivity contribution in [2.24, 2.45) is 0 Å². The fraction of sp³-hybridized carbons (Fsp3) is 0.217. The van der Waals surface area contributed by atoms with Gasteiger partial charge in [0.15, 0.2) is 23.4 Å². The molecule has 0 bridgehead atoms. The summed E-state index contributed by atoms with van der Waals surface area (Å²) < 4.78 is 16.8. The van der Waals surface area contributed by atoms with Crippen molar-refractivity contribution < 1.29 is 23.5 Å². The number of fused-ring (bicyclic) bond motifs is 1. The maximum atomic E-state index is 13.1. The Morgan fingerprint density at radius 1 is 1.07 bits per heavy atom. The van der Waals surface area contributed by atoms with Crippen LogP contribution in [0.25, 0.3) is 0 Å². The molecule has 1 unspecified atom stereocenters. The molecule has 0 saturated heterocycles. The van der Waals surface area contributed by atoms with E-state index in [4.69, 9.17) is 13.9 Å². The van der Waals surface area contributed by atoms with Gasteiger partial charge in [-0.15, -0.1) is 0 Å². The first-order valence-electron chi connectivity index (χ1n) is 9.76. The smallest absolute Gasteiger partial charge is 0.291 e. The molecule has 1 aromatic heterocycles. The molecule has 30 heavy (non-hydrogen) atoms. The van der Waals surface area contributed by atoms with Gasteiger partial charge in [-0.3, -0.25) is 9.59 Å². The Bertz CT molecular complexity index is 1030. The Balaban J connectivity index is 1.43. The lowest BCUT2D eigenvalue weighted by molar-refractivity contribution is 0.0475. The van der Waals surface area contributed by atoms with Gasteiger partial charge >= 0.3 is 0 Å². The molecule has 0 radical (unpaired) electrons. The molecule has 3 aromatic rings. The van der Waals surface area contributed by atoms with Gasteiger partial charge in [0.25, 0.3) is 11.8 Å². The van der Waals surface area contributed by atoms with Crippen LogP contribution in [-0.2, 0) is 0 Å². The van der Waals surface area contributed by atoms with E-state index in [1.54, 1.807) is 41.3 Å². The first-order chi connectivity index (χ1) is 14.6. The largest absolute Gasteiger partial charge is 0.486 e. The molecule has 2 aromatic carbocycles. The fourth-order valence-corrected chi connectivity index (χ4v) is 3.27. The number of likely N-dealkylation sites (N-methyl/N-ethyl adjacent to an activating group) is 1. The zero-order valence-corrected chi connectivity index (χ0v) is 16.5. The number of para-hydroxylation sites is 2. The van der Waals surface area contributed by atoms with Crippen LogP contribution in [0.4, 0.5) is 5.69 Å². The summed E-state index contributed by atoms with van der Waals surface area (Å²) in [5.41, 5.74) is 0.996. The van der Waals surface area contributed by atoms with Gasteiger partial charge in [-0.25, -0.2) is 0 Å². The fourth-order valence-electron chi connectivity index (χ4n) is 3.27. The minimum absolute atomic E-state index is 0.144. The lowest BCUT2D eigenvalue weighted by Gasteiger charge is -2.31. The molecule has 1 aliphatic heterocycles. The van der Waals surface area contributed by atoms with E-state index in [9.17, 15) is 9.59 Å². The molecule has 0 fully saturated rings. The summed E-state index contributed by atoms with van der Waals surface area (Å²) in [6, 6.07) is 17.5. The number of ether oxygens (including phenoxy) is 2. The van der Waals surface area contributed by atoms with Crippen LogP contribution in [0, 0.1) is 0 Å². The maximum Gasteiger partial charge on any atom is 0.291 e. The van der Waals surface area contributed by atoms with E-state index < -0.39 is 0 Å². The second-order valence-corrected chi connectivity index (χ2v) is 6.85. The zero-order chi connectivity index (χ0) is 20.9. The first kappa shape index (κ1) is 19.6. The van der Waals surface area contributed by atoms with E-state index >= 15 is 0 Å². The van der Waals surface area contributed by atoms with E-state index in [-0.39, 0.29) is 23.7 Å². The molecular weight excluding hydrogens is 384 g/mol. The van der Waals surface area contributed by atoms with Crippen molar-refractivity contribution in [3.8, 4) is 11.5 Å². The molecule has 2 amide bonds. The minimum Gasteiger partial charge on any atom is -0.486 e. The highest BCUT2D eigenvalue weighted by molar-refractivity contribution is 6.03. The highest BCUT2D eigenvalue weighted by atomic mass is 16.6. The molecule has 1 aliphatic rings. The van der Waals surface area contributed by atoms with E-state index in [1.807, 2.05) is 31.2 Å². The van der Waals surface area contributed by atoms with Crippen LogP contribution in [0.5, 0.6) is 11.5 Å². The molecule has 0 spiro atoms. The van der Waals surface area contributed by atoms with Crippen LogP contribution in [0.3, 0.4) is 0 Å². The first-order valence-corrected chi connectivity index (χ1v) is 9.76. The number of rotatable bonds is 6. The van der Waals surface area contributed by atoms with Crippen LogP contribution < -0.4 is 14.8 Å². The predicted octanol–water partition coefficient (Wildman–Crippen LogP) is 3.83. The van der Waals surface area contributed by atoms with Gasteiger partial charge < -0.3 is 24.1 Å². The lowest BCUT2D eigenvalue weighted by atomic mass is 10.1. The second-order valence-electron chi connectivity index (χ2n) is 6.85. The average Bonchev–Trinajstić information content (AvgIpc) is 3.32. The van der Waals surface area contributed by atoms with E-state index in [1.165, 1.54) is 6.26 Å². The number of nitrogens with one attached hydrogen (secondary N) is 1. The van der Waals surface area contributed by atoms with Crippen LogP contribution in [0.2, 0.25) is 0 Å². The SMILES string of the molecule is CCN(CC1COc2ccccc2O1)C(=O)c1cccc(NC(=O)c2ccco2)c1. The molecule has 4 rings (SSSR count). The molecule has 154 valence electrons. The van der Waals surface area contributed by atoms with Crippen molar-refractivity contribution in [2.75, 3.05) is 25.0 Å². The van der Waals surface area contributed by atoms with Gasteiger partial charge in [-0.05, 0) is 49.4 Å². The van der Waals surface area contributed by atoms with Crippen LogP contribution >= 0.6 is 0 Å². The number of furan rings is 1. The summed E-state index contributed by atoms with van der Waals surface area (Å²) >= 11 is 0. The summed E-state index contributed by atoms with van der Waals surface area (Å²) in [6.45, 7) is 3.20. The number of carbonyl (C=O) groups is 2. The molecule has 0 aliphatic carbocycles. The van der Waals surface area contributed by atoms with Crippen molar-refractivity contribution in [1.82, 2.24) is 4.90 Å². The third-order valence-corrected chi connectivity index (χ3v) is 4.77. The zero-order valence-electron chi connectivity index (χ0n) is 16.5. The molecule has 2 heterocycles. The number of hydrogen-bond donors (Lipinski definition) is 1. The van der Waals surface area contributed by atoms with Crippen molar-refractivity contribution in [3.63, 3.8) is 0 Å². The normalized spacial score (nSPS) is 14.8. The highest BCUT2D eigenvalue weighted by Crippen LogP contribution is 2.31. The van der Waals surface area contributed by atoms with Gasteiger partial charge in [0.05, 0.1) is 12.8 Å². The van der Waals surface area contributed by atoms with Crippen molar-refractivity contribution in [1.29, 1.82) is 0 Å². The summed E-state index contributed by atoms with van der Waals surface area (Å²) in [5.74, 6) is 1.08. The number of amides is 2. The van der Waals surface area contributed by atoms with Gasteiger partial charge in [-0.1, -0.05) is 18.2 Å². The molecule has 1 N–H and O–H groups in total. The molecule has 1 atom stereocenters. The Labute approximate surface area is 174 Å². The molecule has 7 nitrogen and oxygen atoms in total. The Kier molecular flexibility index (Phi) is 5.70. The predicted molar refractivity (Wildman–Crippen MR) is 111 cm³/mol. The van der Waals surface area contributed by atoms with Gasteiger partial charge in [0.2, 0.25) is 0 Å². The third kappa shape index (κ3) is 4.30. The maximum absolute atomic E-state index is 13.1. The van der Waals surface area contributed by atoms with E-state index in [0.29, 0.717) is 42.4 Å². The number of hydrogen-bond acceptors (Lipinski definition) is 5. The van der Waals surface area contributed by atoms with Gasteiger partial charge in [-0.2, -0.15) is 0 Å². The van der Waals surface area contributed by atoms with Crippen LogP contribution in [-0.4, -0.2) is 42.5 Å². The Morgan fingerprint density at radius 2 is 1.90 bits per heavy atom.